The van der Waals surface area contributed by atoms with Gasteiger partial charge in [0.1, 0.15) is 6.33 Å². The van der Waals surface area contributed by atoms with Crippen LogP contribution in [0.2, 0.25) is 0 Å². The summed E-state index contributed by atoms with van der Waals surface area (Å²) in [7, 11) is 0. The van der Waals surface area contributed by atoms with E-state index in [4.69, 9.17) is 0 Å². The van der Waals surface area contributed by atoms with Gasteiger partial charge in [-0.3, -0.25) is 14.5 Å². The molecule has 0 saturated carbocycles. The summed E-state index contributed by atoms with van der Waals surface area (Å²) in [5.41, 5.74) is 4.22. The van der Waals surface area contributed by atoms with Crippen molar-refractivity contribution in [3.8, 4) is 5.69 Å². The van der Waals surface area contributed by atoms with Crippen LogP contribution in [0.4, 0.5) is 5.69 Å². The van der Waals surface area contributed by atoms with Gasteiger partial charge in [-0.05, 0) is 24.3 Å². The van der Waals surface area contributed by atoms with Crippen LogP contribution in [0.3, 0.4) is 0 Å². The van der Waals surface area contributed by atoms with Crippen molar-refractivity contribution in [2.45, 2.75) is 0 Å². The van der Waals surface area contributed by atoms with Gasteiger partial charge >= 0.3 is 0 Å². The fourth-order valence-corrected chi connectivity index (χ4v) is 2.87. The minimum atomic E-state index is -0.443. The Balaban J connectivity index is 1.75. The molecule has 5 aromatic rings. The number of nitro groups is 1. The Kier molecular flexibility index (Phi) is 2.60. The van der Waals surface area contributed by atoms with E-state index < -0.39 is 4.92 Å². The van der Waals surface area contributed by atoms with E-state index in [0.29, 0.717) is 22.5 Å². The Labute approximate surface area is 139 Å². The number of hydrogen-bond donors (Lipinski definition) is 0. The maximum atomic E-state index is 10.8. The van der Waals surface area contributed by atoms with Crippen LogP contribution < -0.4 is 0 Å². The summed E-state index contributed by atoms with van der Waals surface area (Å²) in [6.07, 6.45) is 1.68. The minimum Gasteiger partial charge on any atom is -0.281 e. The van der Waals surface area contributed by atoms with Gasteiger partial charge < -0.3 is 0 Å². The molecule has 5 rings (SSSR count). The number of para-hydroxylation sites is 2. The molecule has 0 aliphatic rings. The second kappa shape index (κ2) is 4.81. The third-order valence-corrected chi connectivity index (χ3v) is 4.05. The third-order valence-electron chi connectivity index (χ3n) is 4.05. The van der Waals surface area contributed by atoms with Crippen molar-refractivity contribution < 1.29 is 4.92 Å². The fraction of sp³-hybridized carbons (Fsp3) is 0. The van der Waals surface area contributed by atoms with Gasteiger partial charge in [-0.25, -0.2) is 9.97 Å². The van der Waals surface area contributed by atoms with Crippen LogP contribution in [0.5, 0.6) is 0 Å². The molecule has 0 N–H and O–H groups in total. The molecule has 9 nitrogen and oxygen atoms in total. The van der Waals surface area contributed by atoms with E-state index in [-0.39, 0.29) is 5.69 Å². The molecule has 9 heteroatoms. The number of nitro benzene ring substituents is 1. The highest BCUT2D eigenvalue weighted by molar-refractivity contribution is 5.92. The molecular weight excluding hydrogens is 322 g/mol. The zero-order chi connectivity index (χ0) is 17.0. The number of fused-ring (bicyclic) bond motifs is 5. The summed E-state index contributed by atoms with van der Waals surface area (Å²) < 4.78 is 3.41. The molecule has 25 heavy (non-hydrogen) atoms. The average molecular weight is 331 g/mol. The summed E-state index contributed by atoms with van der Waals surface area (Å²) in [6, 6.07) is 13.8. The van der Waals surface area contributed by atoms with Gasteiger partial charge in [0, 0.05) is 12.1 Å². The molecule has 0 unspecified atom stereocenters. The van der Waals surface area contributed by atoms with Crippen LogP contribution in [0.25, 0.3) is 33.5 Å². The molecule has 0 atom stereocenters. The lowest BCUT2D eigenvalue weighted by Gasteiger charge is -2.01. The number of imidazole rings is 1. The van der Waals surface area contributed by atoms with E-state index in [9.17, 15) is 10.1 Å². The summed E-state index contributed by atoms with van der Waals surface area (Å²) in [5.74, 6) is 0. The molecular formula is C16H9N7O2. The quantitative estimate of drug-likeness (QED) is 0.364. The Hall–Kier alpha value is -3.88. The molecule has 120 valence electrons. The van der Waals surface area contributed by atoms with Gasteiger partial charge in [0.2, 0.25) is 0 Å². The van der Waals surface area contributed by atoms with Crippen molar-refractivity contribution >= 4 is 33.5 Å². The highest BCUT2D eigenvalue weighted by atomic mass is 16.6. The van der Waals surface area contributed by atoms with E-state index in [1.807, 2.05) is 28.7 Å². The number of aromatic nitrogens is 6. The SMILES string of the molecule is O=[N+]([O-])c1ccc(-n2nnc3c2ncn2c4ccccc4nc32)cc1. The third kappa shape index (κ3) is 1.89. The van der Waals surface area contributed by atoms with Gasteiger partial charge in [0.25, 0.3) is 5.69 Å². The topological polar surface area (TPSA) is 104 Å². The van der Waals surface area contributed by atoms with Crippen molar-refractivity contribution in [3.63, 3.8) is 0 Å². The first-order valence-corrected chi connectivity index (χ1v) is 7.44. The lowest BCUT2D eigenvalue weighted by Crippen LogP contribution is -1.99. The van der Waals surface area contributed by atoms with Crippen LogP contribution in [0, 0.1) is 10.1 Å². The molecule has 0 radical (unpaired) electrons. The Bertz CT molecular complexity index is 1270. The van der Waals surface area contributed by atoms with Gasteiger partial charge in [0.15, 0.2) is 16.8 Å². The highest BCUT2D eigenvalue weighted by Gasteiger charge is 2.15. The van der Waals surface area contributed by atoms with Crippen LogP contribution in [0.1, 0.15) is 0 Å². The first-order chi connectivity index (χ1) is 12.2. The number of nitrogens with zero attached hydrogens (tertiary/aromatic N) is 7. The molecule has 0 aliphatic carbocycles. The Morgan fingerprint density at radius 3 is 2.60 bits per heavy atom. The maximum Gasteiger partial charge on any atom is 0.269 e. The average Bonchev–Trinajstić information content (AvgIpc) is 3.23. The second-order valence-corrected chi connectivity index (χ2v) is 5.49. The maximum absolute atomic E-state index is 10.8. The number of benzene rings is 2. The van der Waals surface area contributed by atoms with Crippen molar-refractivity contribution in [2.24, 2.45) is 0 Å². The largest absolute Gasteiger partial charge is 0.281 e. The zero-order valence-electron chi connectivity index (χ0n) is 12.6. The molecule has 0 fully saturated rings. The van der Waals surface area contributed by atoms with E-state index in [2.05, 4.69) is 20.3 Å². The molecule has 2 aromatic carbocycles. The first kappa shape index (κ1) is 13.5. The molecule has 0 aliphatic heterocycles. The van der Waals surface area contributed by atoms with Gasteiger partial charge in [-0.1, -0.05) is 17.3 Å². The monoisotopic (exact) mass is 331 g/mol. The van der Waals surface area contributed by atoms with Crippen molar-refractivity contribution in [1.82, 2.24) is 29.4 Å². The first-order valence-electron chi connectivity index (χ1n) is 7.44. The summed E-state index contributed by atoms with van der Waals surface area (Å²) >= 11 is 0. The standard InChI is InChI=1S/C16H9N7O2/c24-23(25)11-7-5-10(6-8-11)22-15-14(19-20-22)16-18-12-3-1-2-4-13(12)21(16)9-17-15/h1-9H. The molecule has 3 aromatic heterocycles. The van der Waals surface area contributed by atoms with E-state index in [1.54, 1.807) is 23.1 Å². The zero-order valence-corrected chi connectivity index (χ0v) is 12.6. The molecule has 0 spiro atoms. The van der Waals surface area contributed by atoms with Crippen molar-refractivity contribution in [1.29, 1.82) is 0 Å². The predicted molar refractivity (Wildman–Crippen MR) is 89.6 cm³/mol. The molecule has 0 saturated heterocycles. The Morgan fingerprint density at radius 2 is 1.80 bits per heavy atom. The second-order valence-electron chi connectivity index (χ2n) is 5.49. The number of rotatable bonds is 2. The van der Waals surface area contributed by atoms with E-state index in [1.165, 1.54) is 12.1 Å². The van der Waals surface area contributed by atoms with Gasteiger partial charge in [0.05, 0.1) is 21.6 Å². The summed E-state index contributed by atoms with van der Waals surface area (Å²) in [6.45, 7) is 0. The smallest absolute Gasteiger partial charge is 0.269 e. The summed E-state index contributed by atoms with van der Waals surface area (Å²) in [4.78, 5) is 19.4. The molecule has 0 amide bonds. The normalized spacial score (nSPS) is 11.5. The van der Waals surface area contributed by atoms with Crippen molar-refractivity contribution in [3.05, 3.63) is 65.0 Å². The lowest BCUT2D eigenvalue weighted by atomic mass is 10.3. The van der Waals surface area contributed by atoms with E-state index in [0.717, 1.165) is 11.0 Å². The number of hydrogen-bond acceptors (Lipinski definition) is 6. The predicted octanol–water partition coefficient (Wildman–Crippen LogP) is 2.52. The van der Waals surface area contributed by atoms with Crippen LogP contribution in [-0.4, -0.2) is 34.3 Å². The number of non-ortho nitro benzene ring substituents is 1. The van der Waals surface area contributed by atoms with Crippen molar-refractivity contribution in [2.75, 3.05) is 0 Å². The van der Waals surface area contributed by atoms with Crippen LogP contribution >= 0.6 is 0 Å². The molecule has 0 bridgehead atoms. The van der Waals surface area contributed by atoms with Gasteiger partial charge in [-0.15, -0.1) is 5.10 Å². The molecule has 3 heterocycles. The lowest BCUT2D eigenvalue weighted by molar-refractivity contribution is -0.384. The summed E-state index contributed by atoms with van der Waals surface area (Å²) in [5, 5.41) is 19.1. The highest BCUT2D eigenvalue weighted by Crippen LogP contribution is 2.23. The Morgan fingerprint density at radius 1 is 1.00 bits per heavy atom. The van der Waals surface area contributed by atoms with E-state index >= 15 is 0 Å². The minimum absolute atomic E-state index is 0.0167. The van der Waals surface area contributed by atoms with Gasteiger partial charge in [-0.2, -0.15) is 4.68 Å². The van der Waals surface area contributed by atoms with Crippen LogP contribution in [0.15, 0.2) is 54.9 Å². The van der Waals surface area contributed by atoms with Crippen LogP contribution in [-0.2, 0) is 0 Å². The fourth-order valence-electron chi connectivity index (χ4n) is 2.87.